The third-order valence-electron chi connectivity index (χ3n) is 3.71. The Kier molecular flexibility index (Phi) is 4.65. The molecule has 2 unspecified atom stereocenters. The van der Waals surface area contributed by atoms with Crippen molar-refractivity contribution < 1.29 is 4.74 Å². The maximum absolute atomic E-state index is 6.31. The van der Waals surface area contributed by atoms with Gasteiger partial charge in [-0.05, 0) is 59.6 Å². The van der Waals surface area contributed by atoms with Crippen molar-refractivity contribution in [2.45, 2.75) is 31.8 Å². The highest BCUT2D eigenvalue weighted by Crippen LogP contribution is 2.34. The maximum Gasteiger partial charge on any atom is 0.133 e. The van der Waals surface area contributed by atoms with Crippen molar-refractivity contribution in [3.05, 3.63) is 28.2 Å². The minimum absolute atomic E-state index is 0.221. The van der Waals surface area contributed by atoms with E-state index in [9.17, 15) is 0 Å². The highest BCUT2D eigenvalue weighted by molar-refractivity contribution is 9.10. The number of benzene rings is 1. The van der Waals surface area contributed by atoms with Gasteiger partial charge in [0.15, 0.2) is 0 Å². The lowest BCUT2D eigenvalue weighted by Crippen LogP contribution is -2.45. The molecule has 1 aliphatic heterocycles. The SMILES string of the molecule is CCN1CCCC(N)C1c1ccc(OC)c(Br)c1. The van der Waals surface area contributed by atoms with Crippen molar-refractivity contribution in [2.75, 3.05) is 20.2 Å². The van der Waals surface area contributed by atoms with Crippen molar-refractivity contribution in [2.24, 2.45) is 5.73 Å². The second-order valence-electron chi connectivity index (χ2n) is 4.77. The van der Waals surface area contributed by atoms with Crippen LogP contribution in [0, 0.1) is 0 Å². The molecule has 2 atom stereocenters. The average Bonchev–Trinajstić information content (AvgIpc) is 2.38. The molecule has 1 saturated heterocycles. The first-order valence-corrected chi connectivity index (χ1v) is 7.29. The predicted molar refractivity (Wildman–Crippen MR) is 77.9 cm³/mol. The zero-order chi connectivity index (χ0) is 13.1. The van der Waals surface area contributed by atoms with Crippen LogP contribution in [0.4, 0.5) is 0 Å². The molecule has 1 aromatic rings. The molecule has 1 aliphatic rings. The van der Waals surface area contributed by atoms with E-state index in [1.807, 2.05) is 6.07 Å². The third kappa shape index (κ3) is 2.71. The summed E-state index contributed by atoms with van der Waals surface area (Å²) in [5, 5.41) is 0. The van der Waals surface area contributed by atoms with Gasteiger partial charge in [-0.2, -0.15) is 0 Å². The number of ether oxygens (including phenoxy) is 1. The molecule has 18 heavy (non-hydrogen) atoms. The summed E-state index contributed by atoms with van der Waals surface area (Å²) in [7, 11) is 1.68. The molecule has 1 heterocycles. The summed E-state index contributed by atoms with van der Waals surface area (Å²) >= 11 is 3.55. The molecule has 2 N–H and O–H groups in total. The van der Waals surface area contributed by atoms with Gasteiger partial charge in [0.2, 0.25) is 0 Å². The highest BCUT2D eigenvalue weighted by Gasteiger charge is 2.29. The van der Waals surface area contributed by atoms with E-state index in [0.717, 1.165) is 29.7 Å². The van der Waals surface area contributed by atoms with E-state index in [-0.39, 0.29) is 6.04 Å². The Morgan fingerprint density at radius 1 is 1.50 bits per heavy atom. The second-order valence-corrected chi connectivity index (χ2v) is 5.63. The summed E-state index contributed by atoms with van der Waals surface area (Å²) < 4.78 is 6.27. The number of hydrogen-bond donors (Lipinski definition) is 1. The van der Waals surface area contributed by atoms with Crippen LogP contribution in [0.3, 0.4) is 0 Å². The van der Waals surface area contributed by atoms with E-state index in [1.165, 1.54) is 12.0 Å². The van der Waals surface area contributed by atoms with Crippen LogP contribution < -0.4 is 10.5 Å². The molecule has 0 spiro atoms. The van der Waals surface area contributed by atoms with Crippen LogP contribution in [0.5, 0.6) is 5.75 Å². The number of halogens is 1. The van der Waals surface area contributed by atoms with Gasteiger partial charge < -0.3 is 10.5 Å². The molecule has 1 fully saturated rings. The lowest BCUT2D eigenvalue weighted by atomic mass is 9.91. The molecule has 100 valence electrons. The standard InChI is InChI=1S/C14H21BrN2O/c1-3-17-8-4-5-12(16)14(17)10-6-7-13(18-2)11(15)9-10/h6-7,9,12,14H,3-5,8,16H2,1-2H3. The first-order chi connectivity index (χ1) is 8.67. The van der Waals surface area contributed by atoms with Crippen molar-refractivity contribution in [1.82, 2.24) is 4.90 Å². The molecular formula is C14H21BrN2O. The van der Waals surface area contributed by atoms with E-state index < -0.39 is 0 Å². The van der Waals surface area contributed by atoms with Gasteiger partial charge in [0.05, 0.1) is 11.6 Å². The van der Waals surface area contributed by atoms with Gasteiger partial charge in [-0.15, -0.1) is 0 Å². The van der Waals surface area contributed by atoms with Crippen molar-refractivity contribution in [1.29, 1.82) is 0 Å². The van der Waals surface area contributed by atoms with E-state index >= 15 is 0 Å². The zero-order valence-corrected chi connectivity index (χ0v) is 12.6. The topological polar surface area (TPSA) is 38.5 Å². The Balaban J connectivity index is 2.30. The van der Waals surface area contributed by atoms with Crippen LogP contribution in [0.1, 0.15) is 31.4 Å². The molecule has 0 saturated carbocycles. The molecule has 3 nitrogen and oxygen atoms in total. The van der Waals surface area contributed by atoms with Crippen molar-refractivity contribution in [3.8, 4) is 5.75 Å². The molecule has 0 radical (unpaired) electrons. The molecule has 0 aliphatic carbocycles. The molecule has 0 aromatic heterocycles. The lowest BCUT2D eigenvalue weighted by Gasteiger charge is -2.39. The summed E-state index contributed by atoms with van der Waals surface area (Å²) in [6.45, 7) is 4.38. The molecule has 0 amide bonds. The largest absolute Gasteiger partial charge is 0.496 e. The Morgan fingerprint density at radius 2 is 2.28 bits per heavy atom. The monoisotopic (exact) mass is 312 g/mol. The number of rotatable bonds is 3. The quantitative estimate of drug-likeness (QED) is 0.932. The third-order valence-corrected chi connectivity index (χ3v) is 4.32. The highest BCUT2D eigenvalue weighted by atomic mass is 79.9. The Bertz CT molecular complexity index is 411. The van der Waals surface area contributed by atoms with E-state index in [1.54, 1.807) is 7.11 Å². The van der Waals surface area contributed by atoms with Gasteiger partial charge in [0, 0.05) is 12.1 Å². The van der Waals surface area contributed by atoms with Crippen LogP contribution in [0.2, 0.25) is 0 Å². The minimum atomic E-state index is 0.221. The van der Waals surface area contributed by atoms with Gasteiger partial charge in [-0.3, -0.25) is 4.90 Å². The van der Waals surface area contributed by atoms with Gasteiger partial charge in [-0.1, -0.05) is 13.0 Å². The first kappa shape index (κ1) is 13.8. The Morgan fingerprint density at radius 3 is 2.89 bits per heavy atom. The first-order valence-electron chi connectivity index (χ1n) is 6.50. The van der Waals surface area contributed by atoms with Crippen LogP contribution in [-0.4, -0.2) is 31.1 Å². The Labute approximate surface area is 117 Å². The fraction of sp³-hybridized carbons (Fsp3) is 0.571. The summed E-state index contributed by atoms with van der Waals surface area (Å²) in [6.07, 6.45) is 2.30. The number of hydrogen-bond acceptors (Lipinski definition) is 3. The minimum Gasteiger partial charge on any atom is -0.496 e. The fourth-order valence-corrected chi connectivity index (χ4v) is 3.34. The summed E-state index contributed by atoms with van der Waals surface area (Å²) in [5.41, 5.74) is 7.58. The van der Waals surface area contributed by atoms with Gasteiger partial charge in [-0.25, -0.2) is 0 Å². The Hall–Kier alpha value is -0.580. The summed E-state index contributed by atoms with van der Waals surface area (Å²) in [4.78, 5) is 2.46. The average molecular weight is 313 g/mol. The van der Waals surface area contributed by atoms with Crippen LogP contribution in [0.25, 0.3) is 0 Å². The fourth-order valence-electron chi connectivity index (χ4n) is 2.78. The second kappa shape index (κ2) is 6.04. The van der Waals surface area contributed by atoms with Crippen molar-refractivity contribution in [3.63, 3.8) is 0 Å². The molecular weight excluding hydrogens is 292 g/mol. The van der Waals surface area contributed by atoms with Gasteiger partial charge in [0.25, 0.3) is 0 Å². The van der Waals surface area contributed by atoms with Crippen LogP contribution in [0.15, 0.2) is 22.7 Å². The number of piperidine rings is 1. The van der Waals surface area contributed by atoms with E-state index in [0.29, 0.717) is 6.04 Å². The molecule has 1 aromatic carbocycles. The maximum atomic E-state index is 6.31. The lowest BCUT2D eigenvalue weighted by molar-refractivity contribution is 0.136. The predicted octanol–water partition coefficient (Wildman–Crippen LogP) is 2.94. The number of likely N-dealkylation sites (N-methyl/N-ethyl adjacent to an activating group) is 1. The molecule has 4 heteroatoms. The zero-order valence-electron chi connectivity index (χ0n) is 11.0. The van der Waals surface area contributed by atoms with Gasteiger partial charge in [0.1, 0.15) is 5.75 Å². The number of likely N-dealkylation sites (tertiary alicyclic amines) is 1. The van der Waals surface area contributed by atoms with Gasteiger partial charge >= 0.3 is 0 Å². The summed E-state index contributed by atoms with van der Waals surface area (Å²) in [6, 6.07) is 6.82. The smallest absolute Gasteiger partial charge is 0.133 e. The number of methoxy groups -OCH3 is 1. The molecule has 0 bridgehead atoms. The number of nitrogens with zero attached hydrogens (tertiary/aromatic N) is 1. The summed E-state index contributed by atoms with van der Waals surface area (Å²) in [5.74, 6) is 0.867. The molecule has 2 rings (SSSR count). The van der Waals surface area contributed by atoms with E-state index in [4.69, 9.17) is 10.5 Å². The van der Waals surface area contributed by atoms with Crippen molar-refractivity contribution >= 4 is 15.9 Å². The van der Waals surface area contributed by atoms with E-state index in [2.05, 4.69) is 39.9 Å². The van der Waals surface area contributed by atoms with Crippen LogP contribution in [-0.2, 0) is 0 Å². The van der Waals surface area contributed by atoms with Crippen LogP contribution >= 0.6 is 15.9 Å². The normalized spacial score (nSPS) is 25.1. The number of nitrogens with two attached hydrogens (primary N) is 1.